The van der Waals surface area contributed by atoms with Gasteiger partial charge in [-0.1, -0.05) is 26.0 Å². The van der Waals surface area contributed by atoms with Crippen LogP contribution in [0.4, 0.5) is 4.39 Å². The summed E-state index contributed by atoms with van der Waals surface area (Å²) in [6, 6.07) is 6.37. The van der Waals surface area contributed by atoms with Gasteiger partial charge >= 0.3 is 0 Å². The Kier molecular flexibility index (Phi) is 5.76. The van der Waals surface area contributed by atoms with E-state index in [0.29, 0.717) is 5.92 Å². The van der Waals surface area contributed by atoms with Gasteiger partial charge in [-0.2, -0.15) is 0 Å². The number of benzene rings is 1. The smallest absolute Gasteiger partial charge is 0.230 e. The van der Waals surface area contributed by atoms with E-state index in [2.05, 4.69) is 27.7 Å². The van der Waals surface area contributed by atoms with Gasteiger partial charge in [0.15, 0.2) is 0 Å². The van der Waals surface area contributed by atoms with E-state index in [1.165, 1.54) is 22.0 Å². The van der Waals surface area contributed by atoms with E-state index >= 15 is 0 Å². The van der Waals surface area contributed by atoms with Crippen LogP contribution >= 0.6 is 11.3 Å². The topological polar surface area (TPSA) is 33.2 Å². The van der Waals surface area contributed by atoms with Crippen molar-refractivity contribution in [2.24, 2.45) is 5.92 Å². The summed E-state index contributed by atoms with van der Waals surface area (Å²) in [5.41, 5.74) is 2.03. The molecule has 0 radical (unpaired) electrons. The molecule has 3 rings (SSSR count). The minimum Gasteiger partial charge on any atom is -0.342 e. The Hall–Kier alpha value is -1.75. The van der Waals surface area contributed by atoms with Crippen molar-refractivity contribution in [1.29, 1.82) is 0 Å². The summed E-state index contributed by atoms with van der Waals surface area (Å²) < 4.78 is 13.2. The minimum absolute atomic E-state index is 0.163. The van der Waals surface area contributed by atoms with Crippen molar-refractivity contribution < 1.29 is 9.18 Å². The molecule has 1 atom stereocenters. The van der Waals surface area contributed by atoms with Crippen LogP contribution in [0.2, 0.25) is 0 Å². The monoisotopic (exact) mass is 374 g/mol. The summed E-state index contributed by atoms with van der Waals surface area (Å²) in [7, 11) is 0. The highest BCUT2D eigenvalue weighted by molar-refractivity contribution is 7.11. The van der Waals surface area contributed by atoms with Gasteiger partial charge in [0, 0.05) is 23.9 Å². The highest BCUT2D eigenvalue weighted by Crippen LogP contribution is 2.34. The van der Waals surface area contributed by atoms with Crippen LogP contribution in [0.15, 0.2) is 24.3 Å². The van der Waals surface area contributed by atoms with Crippen LogP contribution in [0, 0.1) is 25.6 Å². The number of likely N-dealkylation sites (tertiary alicyclic amines) is 1. The van der Waals surface area contributed by atoms with E-state index < -0.39 is 0 Å². The Morgan fingerprint density at radius 1 is 1.19 bits per heavy atom. The average molecular weight is 375 g/mol. The number of aromatic nitrogens is 1. The minimum atomic E-state index is -0.265. The number of aryl methyl sites for hydroxylation is 2. The van der Waals surface area contributed by atoms with E-state index in [9.17, 15) is 9.18 Å². The van der Waals surface area contributed by atoms with Gasteiger partial charge in [-0.25, -0.2) is 9.37 Å². The average Bonchev–Trinajstić information content (AvgIpc) is 2.95. The molecule has 1 unspecified atom stereocenters. The molecule has 0 bridgehead atoms. The van der Waals surface area contributed by atoms with Crippen LogP contribution in [0.5, 0.6) is 0 Å². The second-order valence-corrected chi connectivity index (χ2v) is 8.80. The molecule has 1 saturated heterocycles. The molecular weight excluding hydrogens is 347 g/mol. The van der Waals surface area contributed by atoms with Crippen molar-refractivity contribution in [3.8, 4) is 0 Å². The van der Waals surface area contributed by atoms with Crippen LogP contribution in [-0.4, -0.2) is 28.9 Å². The van der Waals surface area contributed by atoms with Gasteiger partial charge in [0.1, 0.15) is 5.82 Å². The van der Waals surface area contributed by atoms with E-state index in [0.717, 1.165) is 37.2 Å². The molecule has 0 N–H and O–H groups in total. The number of carbonyl (C=O) groups is 1. The van der Waals surface area contributed by atoms with Crippen molar-refractivity contribution in [2.75, 3.05) is 13.1 Å². The van der Waals surface area contributed by atoms with Crippen molar-refractivity contribution in [2.45, 2.75) is 52.4 Å². The lowest BCUT2D eigenvalue weighted by atomic mass is 9.86. The molecule has 5 heteroatoms. The lowest BCUT2D eigenvalue weighted by molar-refractivity contribution is -0.135. The third-order valence-corrected chi connectivity index (χ3v) is 6.60. The summed E-state index contributed by atoms with van der Waals surface area (Å²) in [5, 5.41) is 1.21. The van der Waals surface area contributed by atoms with Gasteiger partial charge in [-0.3, -0.25) is 4.79 Å². The summed E-state index contributed by atoms with van der Waals surface area (Å²) in [5.74, 6) is 0.321. The SMILES string of the molecule is Cc1nc(C2CCN(C(=O)C(c3ccc(F)cc3)C(C)C)CC2)sc1C. The van der Waals surface area contributed by atoms with E-state index in [1.54, 1.807) is 23.5 Å². The number of thiazole rings is 1. The zero-order chi connectivity index (χ0) is 18.8. The highest BCUT2D eigenvalue weighted by atomic mass is 32.1. The molecule has 0 aliphatic carbocycles. The van der Waals surface area contributed by atoms with Crippen LogP contribution in [0.1, 0.15) is 59.7 Å². The first kappa shape index (κ1) is 19.0. The van der Waals surface area contributed by atoms with Gasteiger partial charge in [-0.15, -0.1) is 11.3 Å². The van der Waals surface area contributed by atoms with Crippen molar-refractivity contribution in [1.82, 2.24) is 9.88 Å². The van der Waals surface area contributed by atoms with Crippen LogP contribution < -0.4 is 0 Å². The molecule has 2 aromatic rings. The molecule has 1 aromatic heterocycles. The Morgan fingerprint density at radius 2 is 1.81 bits per heavy atom. The van der Waals surface area contributed by atoms with Crippen molar-refractivity contribution >= 4 is 17.2 Å². The van der Waals surface area contributed by atoms with Gasteiger partial charge in [0.05, 0.1) is 16.6 Å². The van der Waals surface area contributed by atoms with E-state index in [4.69, 9.17) is 4.98 Å². The first-order valence-electron chi connectivity index (χ1n) is 9.35. The highest BCUT2D eigenvalue weighted by Gasteiger charge is 2.32. The molecular formula is C21H27FN2OS. The Morgan fingerprint density at radius 3 is 2.31 bits per heavy atom. The fraction of sp³-hybridized carbons (Fsp3) is 0.524. The Balaban J connectivity index is 1.68. The maximum absolute atomic E-state index is 13.2. The second-order valence-electron chi connectivity index (χ2n) is 7.57. The first-order chi connectivity index (χ1) is 12.4. The molecule has 1 aliphatic heterocycles. The summed E-state index contributed by atoms with van der Waals surface area (Å²) in [4.78, 5) is 21.1. The number of halogens is 1. The van der Waals surface area contributed by atoms with E-state index in [1.807, 2.05) is 4.90 Å². The largest absolute Gasteiger partial charge is 0.342 e. The quantitative estimate of drug-likeness (QED) is 0.751. The van der Waals surface area contributed by atoms with Crippen LogP contribution in [0.25, 0.3) is 0 Å². The molecule has 26 heavy (non-hydrogen) atoms. The molecule has 1 aliphatic rings. The fourth-order valence-corrected chi connectivity index (χ4v) is 4.79. The number of nitrogens with zero attached hydrogens (tertiary/aromatic N) is 2. The molecule has 1 fully saturated rings. The van der Waals surface area contributed by atoms with E-state index in [-0.39, 0.29) is 23.6 Å². The molecule has 140 valence electrons. The third-order valence-electron chi connectivity index (χ3n) is 5.36. The Bertz CT molecular complexity index is 741. The molecule has 0 spiro atoms. The lowest BCUT2D eigenvalue weighted by Crippen LogP contribution is -2.41. The predicted molar refractivity (Wildman–Crippen MR) is 104 cm³/mol. The number of piperidine rings is 1. The standard InChI is InChI=1S/C21H27FN2OS/c1-13(2)19(16-5-7-18(22)8-6-16)21(25)24-11-9-17(10-12-24)20-23-14(3)15(4)26-20/h5-8,13,17,19H,9-12H2,1-4H3. The summed E-state index contributed by atoms with van der Waals surface area (Å²) in [6.45, 7) is 9.83. The van der Waals surface area contributed by atoms with Crippen molar-refractivity contribution in [3.63, 3.8) is 0 Å². The third kappa shape index (κ3) is 3.98. The number of amides is 1. The first-order valence-corrected chi connectivity index (χ1v) is 10.2. The maximum Gasteiger partial charge on any atom is 0.230 e. The second kappa shape index (κ2) is 7.87. The number of hydrogen-bond acceptors (Lipinski definition) is 3. The van der Waals surface area contributed by atoms with Gasteiger partial charge < -0.3 is 4.90 Å². The Labute approximate surface area is 159 Å². The van der Waals surface area contributed by atoms with Crippen LogP contribution in [0.3, 0.4) is 0 Å². The normalized spacial score (nSPS) is 16.9. The lowest BCUT2D eigenvalue weighted by Gasteiger charge is -2.35. The molecule has 0 saturated carbocycles. The van der Waals surface area contributed by atoms with Gasteiger partial charge in [0.25, 0.3) is 0 Å². The number of carbonyl (C=O) groups excluding carboxylic acids is 1. The number of rotatable bonds is 4. The van der Waals surface area contributed by atoms with Gasteiger partial charge in [-0.05, 0) is 50.3 Å². The zero-order valence-corrected chi connectivity index (χ0v) is 16.8. The van der Waals surface area contributed by atoms with Crippen LogP contribution in [-0.2, 0) is 4.79 Å². The number of hydrogen-bond donors (Lipinski definition) is 0. The molecule has 1 amide bonds. The molecule has 2 heterocycles. The molecule has 1 aromatic carbocycles. The zero-order valence-electron chi connectivity index (χ0n) is 16.0. The summed E-state index contributed by atoms with van der Waals surface area (Å²) >= 11 is 1.79. The fourth-order valence-electron chi connectivity index (χ4n) is 3.70. The predicted octanol–water partition coefficient (Wildman–Crippen LogP) is 5.04. The van der Waals surface area contributed by atoms with Gasteiger partial charge in [0.2, 0.25) is 5.91 Å². The maximum atomic E-state index is 13.2. The summed E-state index contributed by atoms with van der Waals surface area (Å²) in [6.07, 6.45) is 1.93. The molecule has 3 nitrogen and oxygen atoms in total. The van der Waals surface area contributed by atoms with Crippen molar-refractivity contribution in [3.05, 3.63) is 51.2 Å².